The molecule has 22 heavy (non-hydrogen) atoms. The summed E-state index contributed by atoms with van der Waals surface area (Å²) in [4.78, 5) is 23.0. The monoisotopic (exact) mass is 312 g/mol. The molecule has 5 nitrogen and oxygen atoms in total. The van der Waals surface area contributed by atoms with Crippen LogP contribution in [0, 0.1) is 11.3 Å². The number of carbonyl (C=O) groups is 2. The lowest BCUT2D eigenvalue weighted by atomic mass is 9.68. The summed E-state index contributed by atoms with van der Waals surface area (Å²) in [5.41, 5.74) is -0.529. The van der Waals surface area contributed by atoms with Crippen LogP contribution in [0.5, 0.6) is 0 Å². The van der Waals surface area contributed by atoms with Crippen LogP contribution in [-0.4, -0.2) is 35.6 Å². The molecule has 1 fully saturated rings. The van der Waals surface area contributed by atoms with E-state index in [2.05, 4.69) is 31.4 Å². The van der Waals surface area contributed by atoms with Crippen molar-refractivity contribution < 1.29 is 14.7 Å². The lowest BCUT2D eigenvalue weighted by molar-refractivity contribution is -0.127. The van der Waals surface area contributed by atoms with Crippen molar-refractivity contribution in [2.45, 2.75) is 71.8 Å². The van der Waals surface area contributed by atoms with Crippen molar-refractivity contribution in [1.29, 1.82) is 0 Å². The summed E-state index contributed by atoms with van der Waals surface area (Å²) < 4.78 is 0. The van der Waals surface area contributed by atoms with Crippen LogP contribution in [0.3, 0.4) is 0 Å². The van der Waals surface area contributed by atoms with Gasteiger partial charge in [-0.2, -0.15) is 0 Å². The normalized spacial score (nSPS) is 25.6. The number of nitrogens with one attached hydrogen (secondary N) is 2. The number of amides is 2. The molecule has 1 aliphatic rings. The zero-order chi connectivity index (χ0) is 16.8. The Morgan fingerprint density at radius 1 is 1.14 bits per heavy atom. The Hall–Kier alpha value is -1.10. The van der Waals surface area contributed by atoms with E-state index in [0.29, 0.717) is 12.3 Å². The van der Waals surface area contributed by atoms with Gasteiger partial charge in [0.05, 0.1) is 12.1 Å². The second-order valence-electron chi connectivity index (χ2n) is 7.67. The third-order valence-electron chi connectivity index (χ3n) is 4.68. The first-order valence-corrected chi connectivity index (χ1v) is 8.42. The molecule has 0 aliphatic heterocycles. The van der Waals surface area contributed by atoms with E-state index in [0.717, 1.165) is 32.1 Å². The minimum absolute atomic E-state index is 0.0144. The Kier molecular flexibility index (Phi) is 6.85. The van der Waals surface area contributed by atoms with Gasteiger partial charge in [-0.3, -0.25) is 9.59 Å². The van der Waals surface area contributed by atoms with Gasteiger partial charge in [0.15, 0.2) is 0 Å². The first-order valence-electron chi connectivity index (χ1n) is 8.42. The fourth-order valence-electron chi connectivity index (χ4n) is 3.02. The SMILES string of the molecule is CCCC(=O)NCC(=O)NCC1(O)CCC(C(C)(C)C)CC1. The van der Waals surface area contributed by atoms with Gasteiger partial charge in [-0.25, -0.2) is 0 Å². The molecule has 2 amide bonds. The summed E-state index contributed by atoms with van der Waals surface area (Å²) >= 11 is 0. The summed E-state index contributed by atoms with van der Waals surface area (Å²) in [7, 11) is 0. The van der Waals surface area contributed by atoms with Crippen molar-refractivity contribution in [3.05, 3.63) is 0 Å². The predicted molar refractivity (Wildman–Crippen MR) is 87.3 cm³/mol. The molecule has 0 spiro atoms. The summed E-state index contributed by atoms with van der Waals surface area (Å²) in [6, 6.07) is 0. The number of hydrogen-bond acceptors (Lipinski definition) is 3. The van der Waals surface area contributed by atoms with Crippen molar-refractivity contribution in [3.8, 4) is 0 Å². The molecule has 0 radical (unpaired) electrons. The lowest BCUT2D eigenvalue weighted by Gasteiger charge is -2.41. The van der Waals surface area contributed by atoms with Gasteiger partial charge < -0.3 is 15.7 Å². The van der Waals surface area contributed by atoms with E-state index in [9.17, 15) is 14.7 Å². The van der Waals surface area contributed by atoms with Crippen LogP contribution in [0.25, 0.3) is 0 Å². The van der Waals surface area contributed by atoms with Gasteiger partial charge >= 0.3 is 0 Å². The molecule has 3 N–H and O–H groups in total. The van der Waals surface area contributed by atoms with Gasteiger partial charge in [-0.05, 0) is 43.4 Å². The van der Waals surface area contributed by atoms with E-state index < -0.39 is 5.60 Å². The highest BCUT2D eigenvalue weighted by Gasteiger charge is 2.37. The van der Waals surface area contributed by atoms with E-state index in [1.54, 1.807) is 0 Å². The Morgan fingerprint density at radius 3 is 2.23 bits per heavy atom. The summed E-state index contributed by atoms with van der Waals surface area (Å²) in [5, 5.41) is 15.9. The number of aliphatic hydroxyl groups is 1. The molecule has 1 rings (SSSR count). The second-order valence-corrected chi connectivity index (χ2v) is 7.67. The van der Waals surface area contributed by atoms with E-state index in [1.807, 2.05) is 6.92 Å². The molecule has 0 heterocycles. The quantitative estimate of drug-likeness (QED) is 0.702. The zero-order valence-corrected chi connectivity index (χ0v) is 14.5. The third kappa shape index (κ3) is 6.34. The van der Waals surface area contributed by atoms with Gasteiger partial charge in [0.2, 0.25) is 11.8 Å². The van der Waals surface area contributed by atoms with Crippen LogP contribution in [-0.2, 0) is 9.59 Å². The van der Waals surface area contributed by atoms with Crippen LogP contribution in [0.2, 0.25) is 0 Å². The van der Waals surface area contributed by atoms with Crippen molar-refractivity contribution >= 4 is 11.8 Å². The van der Waals surface area contributed by atoms with Crippen molar-refractivity contribution in [1.82, 2.24) is 10.6 Å². The van der Waals surface area contributed by atoms with E-state index in [-0.39, 0.29) is 30.3 Å². The number of carbonyl (C=O) groups excluding carboxylic acids is 2. The zero-order valence-electron chi connectivity index (χ0n) is 14.5. The highest BCUT2D eigenvalue weighted by atomic mass is 16.3. The Morgan fingerprint density at radius 2 is 1.73 bits per heavy atom. The van der Waals surface area contributed by atoms with Gasteiger partial charge in [0.25, 0.3) is 0 Å². The second kappa shape index (κ2) is 7.95. The molecule has 1 aliphatic carbocycles. The molecular weight excluding hydrogens is 280 g/mol. The summed E-state index contributed by atoms with van der Waals surface area (Å²) in [5.74, 6) is 0.273. The van der Waals surface area contributed by atoms with Crippen molar-refractivity contribution in [2.75, 3.05) is 13.1 Å². The van der Waals surface area contributed by atoms with Gasteiger partial charge in [0, 0.05) is 13.0 Å². The molecule has 0 aromatic carbocycles. The fourth-order valence-corrected chi connectivity index (χ4v) is 3.02. The minimum atomic E-state index is -0.801. The first kappa shape index (κ1) is 18.9. The van der Waals surface area contributed by atoms with Crippen LogP contribution in [0.4, 0.5) is 0 Å². The summed E-state index contributed by atoms with van der Waals surface area (Å²) in [6.45, 7) is 8.89. The topological polar surface area (TPSA) is 78.4 Å². The molecule has 0 aromatic heterocycles. The van der Waals surface area contributed by atoms with Gasteiger partial charge in [0.1, 0.15) is 0 Å². The Balaban J connectivity index is 2.29. The smallest absolute Gasteiger partial charge is 0.239 e. The Bertz CT molecular complexity index is 380. The average molecular weight is 312 g/mol. The predicted octanol–water partition coefficient (Wildman–Crippen LogP) is 1.99. The van der Waals surface area contributed by atoms with Crippen LogP contribution >= 0.6 is 0 Å². The lowest BCUT2D eigenvalue weighted by Crippen LogP contribution is -2.48. The van der Waals surface area contributed by atoms with Crippen molar-refractivity contribution in [3.63, 3.8) is 0 Å². The number of hydrogen-bond donors (Lipinski definition) is 3. The van der Waals surface area contributed by atoms with Crippen LogP contribution in [0.1, 0.15) is 66.2 Å². The number of rotatable bonds is 6. The highest BCUT2D eigenvalue weighted by molar-refractivity contribution is 5.84. The average Bonchev–Trinajstić information content (AvgIpc) is 2.43. The van der Waals surface area contributed by atoms with E-state index in [1.165, 1.54) is 0 Å². The largest absolute Gasteiger partial charge is 0.388 e. The molecule has 0 unspecified atom stereocenters. The molecule has 0 saturated heterocycles. The molecule has 0 atom stereocenters. The highest BCUT2D eigenvalue weighted by Crippen LogP contribution is 2.41. The van der Waals surface area contributed by atoms with Crippen LogP contribution < -0.4 is 10.6 Å². The minimum Gasteiger partial charge on any atom is -0.388 e. The molecule has 0 aromatic rings. The maximum absolute atomic E-state index is 11.7. The molecule has 5 heteroatoms. The fraction of sp³-hybridized carbons (Fsp3) is 0.882. The molecular formula is C17H32N2O3. The van der Waals surface area contributed by atoms with Crippen LogP contribution in [0.15, 0.2) is 0 Å². The maximum Gasteiger partial charge on any atom is 0.239 e. The maximum atomic E-state index is 11.7. The van der Waals surface area contributed by atoms with Gasteiger partial charge in [-0.15, -0.1) is 0 Å². The molecule has 128 valence electrons. The standard InChI is InChI=1S/C17H32N2O3/c1-5-6-14(20)18-11-15(21)19-12-17(22)9-7-13(8-10-17)16(2,3)4/h13,22H,5-12H2,1-4H3,(H,18,20)(H,19,21). The molecule has 0 bridgehead atoms. The van der Waals surface area contributed by atoms with Gasteiger partial charge in [-0.1, -0.05) is 27.7 Å². The summed E-state index contributed by atoms with van der Waals surface area (Å²) in [6.07, 6.45) is 4.62. The first-order chi connectivity index (χ1) is 10.2. The Labute approximate surface area is 134 Å². The van der Waals surface area contributed by atoms with E-state index in [4.69, 9.17) is 0 Å². The van der Waals surface area contributed by atoms with Crippen molar-refractivity contribution in [2.24, 2.45) is 11.3 Å². The third-order valence-corrected chi connectivity index (χ3v) is 4.68. The molecule has 1 saturated carbocycles. The van der Waals surface area contributed by atoms with E-state index >= 15 is 0 Å².